The van der Waals surface area contributed by atoms with Crippen LogP contribution in [0.5, 0.6) is 0 Å². The maximum Gasteiger partial charge on any atom is 0.237 e. The summed E-state index contributed by atoms with van der Waals surface area (Å²) in [5, 5.41) is 4.30. The predicted molar refractivity (Wildman–Crippen MR) is 103 cm³/mol. The van der Waals surface area contributed by atoms with E-state index in [1.54, 1.807) is 11.3 Å². The van der Waals surface area contributed by atoms with Crippen LogP contribution < -0.4 is 0 Å². The Kier molecular flexibility index (Phi) is 5.36. The summed E-state index contributed by atoms with van der Waals surface area (Å²) in [6.45, 7) is 5.17. The van der Waals surface area contributed by atoms with Gasteiger partial charge < -0.3 is 4.90 Å². The van der Waals surface area contributed by atoms with Crippen LogP contribution in [0.2, 0.25) is 0 Å². The summed E-state index contributed by atoms with van der Waals surface area (Å²) in [6, 6.07) is 2.35. The van der Waals surface area contributed by atoms with Gasteiger partial charge in [0.15, 0.2) is 9.84 Å². The second kappa shape index (κ2) is 7.58. The fourth-order valence-corrected chi connectivity index (χ4v) is 6.44. The first kappa shape index (κ1) is 18.4. The predicted octanol–water partition coefficient (Wildman–Crippen LogP) is 1.04. The Balaban J connectivity index is 1.29. The number of thiophene rings is 1. The zero-order valence-corrected chi connectivity index (χ0v) is 16.7. The lowest BCUT2D eigenvalue weighted by Crippen LogP contribution is -2.52. The highest BCUT2D eigenvalue weighted by Gasteiger charge is 2.42. The molecule has 0 aromatic carbocycles. The molecule has 0 bridgehead atoms. The van der Waals surface area contributed by atoms with Gasteiger partial charge in [-0.25, -0.2) is 8.42 Å². The Bertz CT molecular complexity index is 723. The molecule has 0 spiro atoms. The van der Waals surface area contributed by atoms with E-state index in [0.29, 0.717) is 13.0 Å². The van der Waals surface area contributed by atoms with Crippen LogP contribution in [0.3, 0.4) is 0 Å². The summed E-state index contributed by atoms with van der Waals surface area (Å²) in [7, 11) is -2.96. The normalized spacial score (nSPS) is 26.8. The van der Waals surface area contributed by atoms with Crippen LogP contribution in [0.4, 0.5) is 0 Å². The van der Waals surface area contributed by atoms with Crippen molar-refractivity contribution in [1.29, 1.82) is 0 Å². The van der Waals surface area contributed by atoms with Gasteiger partial charge in [-0.05, 0) is 41.7 Å². The summed E-state index contributed by atoms with van der Waals surface area (Å²) >= 11 is 1.73. The highest BCUT2D eigenvalue weighted by atomic mass is 32.2. The smallest absolute Gasteiger partial charge is 0.237 e. The first-order valence-corrected chi connectivity index (χ1v) is 12.2. The van der Waals surface area contributed by atoms with E-state index in [0.717, 1.165) is 45.6 Å². The van der Waals surface area contributed by atoms with Gasteiger partial charge in [0.05, 0.1) is 18.1 Å². The average molecular weight is 398 g/mol. The van der Waals surface area contributed by atoms with E-state index in [4.69, 9.17) is 0 Å². The second-order valence-electron chi connectivity index (χ2n) is 7.77. The van der Waals surface area contributed by atoms with Crippen LogP contribution in [0.25, 0.3) is 0 Å². The molecule has 0 N–H and O–H groups in total. The van der Waals surface area contributed by atoms with Gasteiger partial charge in [-0.15, -0.1) is 0 Å². The zero-order chi connectivity index (χ0) is 18.1. The van der Waals surface area contributed by atoms with Crippen molar-refractivity contribution in [3.63, 3.8) is 0 Å². The lowest BCUT2D eigenvalue weighted by Gasteiger charge is -2.36. The largest absolute Gasteiger partial charge is 0.335 e. The van der Waals surface area contributed by atoms with Crippen molar-refractivity contribution in [3.05, 3.63) is 22.4 Å². The molecule has 1 aliphatic carbocycles. The van der Waals surface area contributed by atoms with Gasteiger partial charge in [-0.1, -0.05) is 0 Å². The van der Waals surface area contributed by atoms with E-state index in [9.17, 15) is 13.2 Å². The quantitative estimate of drug-likeness (QED) is 0.718. The molecule has 1 amide bonds. The van der Waals surface area contributed by atoms with Crippen molar-refractivity contribution in [3.8, 4) is 0 Å². The molecule has 3 fully saturated rings. The molecule has 1 atom stereocenters. The van der Waals surface area contributed by atoms with E-state index >= 15 is 0 Å². The Morgan fingerprint density at radius 3 is 2.42 bits per heavy atom. The van der Waals surface area contributed by atoms with E-state index in [2.05, 4.69) is 26.6 Å². The number of rotatable bonds is 6. The summed E-state index contributed by atoms with van der Waals surface area (Å²) in [5.41, 5.74) is 1.36. The van der Waals surface area contributed by atoms with Crippen LogP contribution in [-0.4, -0.2) is 85.3 Å². The zero-order valence-electron chi connectivity index (χ0n) is 15.0. The first-order valence-electron chi connectivity index (χ1n) is 9.47. The maximum absolute atomic E-state index is 12.9. The molecule has 2 aliphatic heterocycles. The number of amides is 1. The van der Waals surface area contributed by atoms with Gasteiger partial charge >= 0.3 is 0 Å². The van der Waals surface area contributed by atoms with Crippen molar-refractivity contribution in [2.45, 2.75) is 37.9 Å². The lowest BCUT2D eigenvalue weighted by atomic mass is 10.2. The summed E-state index contributed by atoms with van der Waals surface area (Å²) in [6.07, 6.45) is 2.66. The number of carbonyl (C=O) groups excluding carboxylic acids is 1. The van der Waals surface area contributed by atoms with Crippen LogP contribution in [-0.2, 0) is 21.2 Å². The van der Waals surface area contributed by atoms with Gasteiger partial charge in [0.1, 0.15) is 0 Å². The summed E-state index contributed by atoms with van der Waals surface area (Å²) in [4.78, 5) is 19.5. The van der Waals surface area contributed by atoms with Gasteiger partial charge in [-0.3, -0.25) is 14.6 Å². The third-order valence-corrected chi connectivity index (χ3v) is 8.12. The van der Waals surface area contributed by atoms with E-state index in [-0.39, 0.29) is 29.5 Å². The maximum atomic E-state index is 12.9. The highest BCUT2D eigenvalue weighted by molar-refractivity contribution is 7.91. The number of hydrogen-bond acceptors (Lipinski definition) is 6. The fraction of sp³-hybridized carbons (Fsp3) is 0.722. The molecule has 2 saturated heterocycles. The standard InChI is InChI=1S/C18H27N3O3S2/c22-18(21(16-1-2-16)17-4-10-26(23,24)14-17)12-20-7-5-19(6-8-20)11-15-3-9-25-13-15/h3,9,13,16-17H,1-2,4-8,10-12,14H2/t17-/m1/s1. The second-order valence-corrected chi connectivity index (χ2v) is 10.8. The number of nitrogens with zero attached hydrogens (tertiary/aromatic N) is 3. The minimum absolute atomic E-state index is 0.0973. The van der Waals surface area contributed by atoms with E-state index in [1.165, 1.54) is 5.56 Å². The third-order valence-electron chi connectivity index (χ3n) is 5.64. The van der Waals surface area contributed by atoms with Crippen LogP contribution in [0.15, 0.2) is 16.8 Å². The van der Waals surface area contributed by atoms with E-state index in [1.807, 2.05) is 4.90 Å². The van der Waals surface area contributed by atoms with Crippen LogP contribution in [0, 0.1) is 0 Å². The van der Waals surface area contributed by atoms with Gasteiger partial charge in [-0.2, -0.15) is 11.3 Å². The molecule has 6 nitrogen and oxygen atoms in total. The van der Waals surface area contributed by atoms with Gasteiger partial charge in [0.2, 0.25) is 5.91 Å². The Morgan fingerprint density at radius 2 is 1.85 bits per heavy atom. The number of hydrogen-bond donors (Lipinski definition) is 0. The number of sulfone groups is 1. The average Bonchev–Trinajstić information content (AvgIpc) is 3.16. The van der Waals surface area contributed by atoms with Crippen molar-refractivity contribution in [2.24, 2.45) is 0 Å². The topological polar surface area (TPSA) is 60.9 Å². The molecule has 0 unspecified atom stereocenters. The van der Waals surface area contributed by atoms with Crippen LogP contribution in [0.1, 0.15) is 24.8 Å². The van der Waals surface area contributed by atoms with Gasteiger partial charge in [0, 0.05) is 44.8 Å². The Labute approximate surface area is 159 Å². The van der Waals surface area contributed by atoms with Crippen molar-refractivity contribution in [2.75, 3.05) is 44.2 Å². The first-order chi connectivity index (χ1) is 12.5. The Hall–Kier alpha value is -0.960. The Morgan fingerprint density at radius 1 is 1.12 bits per heavy atom. The number of carbonyl (C=O) groups is 1. The molecule has 8 heteroatoms. The summed E-state index contributed by atoms with van der Waals surface area (Å²) in [5.74, 6) is 0.514. The molecule has 1 aromatic heterocycles. The van der Waals surface area contributed by atoms with Gasteiger partial charge in [0.25, 0.3) is 0 Å². The fourth-order valence-electron chi connectivity index (χ4n) is 4.07. The molecule has 26 heavy (non-hydrogen) atoms. The van der Waals surface area contributed by atoms with Crippen molar-refractivity contribution < 1.29 is 13.2 Å². The third kappa shape index (κ3) is 4.47. The number of piperazine rings is 1. The molecule has 3 aliphatic rings. The molecule has 1 aromatic rings. The SMILES string of the molecule is O=C(CN1CCN(Cc2ccsc2)CC1)N(C1CC1)[C@@H]1CCS(=O)(=O)C1. The molecule has 0 radical (unpaired) electrons. The minimum Gasteiger partial charge on any atom is -0.335 e. The summed E-state index contributed by atoms with van der Waals surface area (Å²) < 4.78 is 23.6. The molecule has 3 heterocycles. The highest BCUT2D eigenvalue weighted by Crippen LogP contribution is 2.32. The lowest BCUT2D eigenvalue weighted by molar-refractivity contribution is -0.135. The minimum atomic E-state index is -2.96. The molecule has 1 saturated carbocycles. The van der Waals surface area contributed by atoms with Crippen molar-refractivity contribution >= 4 is 27.1 Å². The van der Waals surface area contributed by atoms with Crippen molar-refractivity contribution in [1.82, 2.24) is 14.7 Å². The monoisotopic (exact) mass is 397 g/mol. The molecule has 144 valence electrons. The molecule has 4 rings (SSSR count). The molecular weight excluding hydrogens is 370 g/mol. The molecular formula is C18H27N3O3S2. The van der Waals surface area contributed by atoms with Crippen LogP contribution >= 0.6 is 11.3 Å². The van der Waals surface area contributed by atoms with E-state index < -0.39 is 9.84 Å².